The Labute approximate surface area is 199 Å². The molecule has 0 saturated carbocycles. The van der Waals surface area contributed by atoms with Crippen molar-refractivity contribution < 1.29 is 27.8 Å². The summed E-state index contributed by atoms with van der Waals surface area (Å²) in [5.74, 6) is 1.30. The molecule has 0 bridgehead atoms. The van der Waals surface area contributed by atoms with E-state index in [1.165, 1.54) is 36.0 Å². The summed E-state index contributed by atoms with van der Waals surface area (Å²) in [5, 5.41) is 12.0. The van der Waals surface area contributed by atoms with E-state index < -0.39 is 6.61 Å². The Hall–Kier alpha value is -3.18. The summed E-state index contributed by atoms with van der Waals surface area (Å²) in [7, 11) is 1.61. The third-order valence-electron chi connectivity index (χ3n) is 5.17. The van der Waals surface area contributed by atoms with Crippen molar-refractivity contribution in [1.29, 1.82) is 0 Å². The van der Waals surface area contributed by atoms with Crippen molar-refractivity contribution in [3.63, 3.8) is 0 Å². The molecule has 2 aromatic carbocycles. The Bertz CT molecular complexity index is 1090. The second kappa shape index (κ2) is 11.3. The van der Waals surface area contributed by atoms with Crippen molar-refractivity contribution in [2.45, 2.75) is 37.3 Å². The Balaban J connectivity index is 1.44. The quantitative estimate of drug-likeness (QED) is 0.420. The van der Waals surface area contributed by atoms with Crippen molar-refractivity contribution in [2.24, 2.45) is 0 Å². The van der Waals surface area contributed by atoms with E-state index >= 15 is 0 Å². The molecule has 8 nitrogen and oxygen atoms in total. The Morgan fingerprint density at radius 1 is 1.18 bits per heavy atom. The maximum Gasteiger partial charge on any atom is 0.387 e. The minimum atomic E-state index is -2.90. The molecule has 0 spiro atoms. The molecule has 34 heavy (non-hydrogen) atoms. The van der Waals surface area contributed by atoms with E-state index in [4.69, 9.17) is 9.47 Å². The summed E-state index contributed by atoms with van der Waals surface area (Å²) in [6, 6.07) is 13.3. The van der Waals surface area contributed by atoms with E-state index in [0.29, 0.717) is 23.2 Å². The average molecular weight is 491 g/mol. The molecule has 1 aromatic heterocycles. The van der Waals surface area contributed by atoms with E-state index in [9.17, 15) is 13.6 Å². The van der Waals surface area contributed by atoms with Crippen LogP contribution in [0.5, 0.6) is 11.5 Å². The number of nitrogens with zero attached hydrogens (tertiary/aromatic N) is 3. The van der Waals surface area contributed by atoms with Crippen LogP contribution in [0, 0.1) is 0 Å². The molecular weight excluding hydrogens is 466 g/mol. The van der Waals surface area contributed by atoms with Crippen molar-refractivity contribution in [3.05, 3.63) is 48.5 Å². The molecule has 2 heterocycles. The van der Waals surface area contributed by atoms with Gasteiger partial charge in [0.15, 0.2) is 11.0 Å². The fourth-order valence-electron chi connectivity index (χ4n) is 3.55. The third-order valence-corrected chi connectivity index (χ3v) is 6.14. The lowest BCUT2D eigenvalue weighted by Gasteiger charge is -2.15. The largest absolute Gasteiger partial charge is 0.497 e. The number of aromatic nitrogens is 3. The zero-order chi connectivity index (χ0) is 23.9. The van der Waals surface area contributed by atoms with Gasteiger partial charge in [-0.15, -0.1) is 10.2 Å². The Kier molecular flexibility index (Phi) is 7.96. The van der Waals surface area contributed by atoms with Gasteiger partial charge >= 0.3 is 6.61 Å². The van der Waals surface area contributed by atoms with Crippen LogP contribution in [0.1, 0.15) is 12.8 Å². The van der Waals surface area contributed by atoms with Gasteiger partial charge in [0.1, 0.15) is 11.5 Å². The van der Waals surface area contributed by atoms with Crippen molar-refractivity contribution in [1.82, 2.24) is 14.8 Å². The van der Waals surface area contributed by atoms with Gasteiger partial charge in [-0.25, -0.2) is 0 Å². The number of alkyl halides is 2. The number of anilines is 1. The molecule has 1 fully saturated rings. The number of halogens is 2. The Morgan fingerprint density at radius 3 is 2.56 bits per heavy atom. The fourth-order valence-corrected chi connectivity index (χ4v) is 4.30. The second-order valence-corrected chi connectivity index (χ2v) is 8.46. The highest BCUT2D eigenvalue weighted by Gasteiger charge is 2.22. The zero-order valence-corrected chi connectivity index (χ0v) is 19.3. The van der Waals surface area contributed by atoms with Crippen LogP contribution in [0.3, 0.4) is 0 Å². The highest BCUT2D eigenvalue weighted by atomic mass is 32.2. The molecule has 0 radical (unpaired) electrons. The number of methoxy groups -OCH3 is 1. The number of ether oxygens (including phenoxy) is 3. The molecule has 11 heteroatoms. The molecular formula is C23H24F2N4O4S. The maximum absolute atomic E-state index is 12.5. The van der Waals surface area contributed by atoms with Crippen LogP contribution in [-0.2, 0) is 16.1 Å². The van der Waals surface area contributed by atoms with E-state index in [0.717, 1.165) is 30.8 Å². The first kappa shape index (κ1) is 24.0. The predicted octanol–water partition coefficient (Wildman–Crippen LogP) is 4.46. The molecule has 3 aromatic rings. The summed E-state index contributed by atoms with van der Waals surface area (Å²) in [5.41, 5.74) is 1.36. The first-order valence-electron chi connectivity index (χ1n) is 10.7. The molecule has 180 valence electrons. The van der Waals surface area contributed by atoms with Crippen LogP contribution < -0.4 is 14.8 Å². The van der Waals surface area contributed by atoms with Crippen LogP contribution in [0.25, 0.3) is 11.4 Å². The van der Waals surface area contributed by atoms with Crippen molar-refractivity contribution >= 4 is 23.4 Å². The molecule has 0 aliphatic carbocycles. The van der Waals surface area contributed by atoms with Crippen molar-refractivity contribution in [2.75, 3.05) is 24.8 Å². The van der Waals surface area contributed by atoms with Gasteiger partial charge in [-0.1, -0.05) is 11.8 Å². The number of rotatable bonds is 10. The molecule has 1 saturated heterocycles. The molecule has 1 aliphatic heterocycles. The molecule has 1 unspecified atom stereocenters. The number of amides is 1. The van der Waals surface area contributed by atoms with Gasteiger partial charge < -0.3 is 19.5 Å². The molecule has 1 aliphatic rings. The monoisotopic (exact) mass is 490 g/mol. The number of nitrogens with one attached hydrogen (secondary N) is 1. The van der Waals surface area contributed by atoms with Crippen LogP contribution in [0.2, 0.25) is 0 Å². The third kappa shape index (κ3) is 6.23. The standard InChI is InChI=1S/C23H24F2N4O4S/c1-31-17-8-4-15(5-9-17)21-27-28-23(29(21)13-19-3-2-12-32-19)34-14-20(30)26-16-6-10-18(11-7-16)33-22(24)25/h4-11,19,22H,2-3,12-14H2,1H3,(H,26,30). The lowest BCUT2D eigenvalue weighted by Crippen LogP contribution is -2.18. The average Bonchev–Trinajstić information content (AvgIpc) is 3.49. The topological polar surface area (TPSA) is 87.5 Å². The van der Waals surface area contributed by atoms with E-state index in [-0.39, 0.29) is 23.5 Å². The number of carbonyl (C=O) groups excluding carboxylic acids is 1. The smallest absolute Gasteiger partial charge is 0.387 e. The van der Waals surface area contributed by atoms with Gasteiger partial charge in [-0.3, -0.25) is 9.36 Å². The lowest BCUT2D eigenvalue weighted by atomic mass is 10.2. The van der Waals surface area contributed by atoms with E-state index in [1.54, 1.807) is 7.11 Å². The lowest BCUT2D eigenvalue weighted by molar-refractivity contribution is -0.113. The maximum atomic E-state index is 12.5. The highest BCUT2D eigenvalue weighted by Crippen LogP contribution is 2.28. The number of carbonyl (C=O) groups is 1. The van der Waals surface area contributed by atoms with Crippen LogP contribution in [-0.4, -0.2) is 52.9 Å². The van der Waals surface area contributed by atoms with Gasteiger partial charge in [0.2, 0.25) is 5.91 Å². The van der Waals surface area contributed by atoms with Gasteiger partial charge in [0, 0.05) is 17.9 Å². The normalized spacial score (nSPS) is 15.5. The van der Waals surface area contributed by atoms with Gasteiger partial charge in [-0.05, 0) is 61.4 Å². The van der Waals surface area contributed by atoms with E-state index in [2.05, 4.69) is 20.3 Å². The zero-order valence-electron chi connectivity index (χ0n) is 18.4. The fraction of sp³-hybridized carbons (Fsp3) is 0.348. The summed E-state index contributed by atoms with van der Waals surface area (Å²) >= 11 is 1.27. The summed E-state index contributed by atoms with van der Waals surface area (Å²) in [4.78, 5) is 12.5. The Morgan fingerprint density at radius 2 is 1.91 bits per heavy atom. The molecule has 1 amide bonds. The van der Waals surface area contributed by atoms with Crippen molar-refractivity contribution in [3.8, 4) is 22.9 Å². The van der Waals surface area contributed by atoms with Gasteiger partial charge in [0.05, 0.1) is 25.5 Å². The second-order valence-electron chi connectivity index (χ2n) is 7.52. The summed E-state index contributed by atoms with van der Waals surface area (Å²) in [6.07, 6.45) is 2.03. The van der Waals surface area contributed by atoms with Crippen LogP contribution in [0.15, 0.2) is 53.7 Å². The SMILES string of the molecule is COc1ccc(-c2nnc(SCC(=O)Nc3ccc(OC(F)F)cc3)n2CC2CCCO2)cc1. The minimum absolute atomic E-state index is 0.0238. The summed E-state index contributed by atoms with van der Waals surface area (Å²) < 4.78 is 41.9. The number of thioether (sulfide) groups is 1. The van der Waals surface area contributed by atoms with Crippen LogP contribution in [0.4, 0.5) is 14.5 Å². The molecule has 4 rings (SSSR count). The predicted molar refractivity (Wildman–Crippen MR) is 123 cm³/mol. The first-order valence-corrected chi connectivity index (χ1v) is 11.7. The number of benzene rings is 2. The van der Waals surface area contributed by atoms with E-state index in [1.807, 2.05) is 28.8 Å². The molecule has 1 N–H and O–H groups in total. The molecule has 1 atom stereocenters. The van der Waals surface area contributed by atoms with Gasteiger partial charge in [-0.2, -0.15) is 8.78 Å². The van der Waals surface area contributed by atoms with Gasteiger partial charge in [0.25, 0.3) is 0 Å². The first-order chi connectivity index (χ1) is 16.5. The minimum Gasteiger partial charge on any atom is -0.497 e. The van der Waals surface area contributed by atoms with Crippen LogP contribution >= 0.6 is 11.8 Å². The number of hydrogen-bond donors (Lipinski definition) is 1. The highest BCUT2D eigenvalue weighted by molar-refractivity contribution is 7.99. The number of hydrogen-bond acceptors (Lipinski definition) is 7. The summed E-state index contributed by atoms with van der Waals surface area (Å²) in [6.45, 7) is -1.58.